The number of fused-ring (bicyclic) bond motifs is 1. The van der Waals surface area contributed by atoms with E-state index in [1.54, 1.807) is 33.7 Å². The Bertz CT molecular complexity index is 970. The van der Waals surface area contributed by atoms with E-state index >= 15 is 0 Å². The molecule has 1 spiro atoms. The summed E-state index contributed by atoms with van der Waals surface area (Å²) in [6.45, 7) is 8.70. The lowest BCUT2D eigenvalue weighted by Gasteiger charge is -2.37. The monoisotopic (exact) mass is 498 g/mol. The van der Waals surface area contributed by atoms with Crippen LogP contribution in [0, 0.1) is 11.8 Å². The van der Waals surface area contributed by atoms with Crippen molar-refractivity contribution >= 4 is 29.5 Å². The Hall–Kier alpha value is -2.58. The van der Waals surface area contributed by atoms with Gasteiger partial charge >= 0.3 is 5.97 Å². The number of thioether (sulfide) groups is 1. The molecule has 0 radical (unpaired) electrons. The van der Waals surface area contributed by atoms with E-state index in [0.717, 1.165) is 12.0 Å². The van der Waals surface area contributed by atoms with E-state index in [2.05, 4.69) is 13.2 Å². The second-order valence-electron chi connectivity index (χ2n) is 9.40. The number of ether oxygens (including phenoxy) is 1. The normalized spacial score (nSPS) is 28.6. The van der Waals surface area contributed by atoms with Gasteiger partial charge in [-0.3, -0.25) is 14.4 Å². The fourth-order valence-electron chi connectivity index (χ4n) is 5.89. The second-order valence-corrected chi connectivity index (χ2v) is 11.0. The molecule has 4 rings (SSSR count). The lowest BCUT2D eigenvalue weighted by Crippen LogP contribution is -2.54. The number of hydrogen-bond donors (Lipinski definition) is 1. The van der Waals surface area contributed by atoms with Gasteiger partial charge in [0.25, 0.3) is 0 Å². The summed E-state index contributed by atoms with van der Waals surface area (Å²) in [6.07, 6.45) is 5.80. The number of nitrogens with zero attached hydrogens (tertiary/aromatic N) is 2. The van der Waals surface area contributed by atoms with E-state index in [4.69, 9.17) is 4.74 Å². The van der Waals surface area contributed by atoms with Gasteiger partial charge in [0.05, 0.1) is 23.2 Å². The third kappa shape index (κ3) is 4.66. The van der Waals surface area contributed by atoms with Crippen molar-refractivity contribution in [3.63, 3.8) is 0 Å². The number of benzene rings is 1. The first kappa shape index (κ1) is 25.5. The number of carbonyl (C=O) groups is 3. The van der Waals surface area contributed by atoms with Crippen LogP contribution >= 0.6 is 11.8 Å². The van der Waals surface area contributed by atoms with Gasteiger partial charge in [-0.1, -0.05) is 42.5 Å². The van der Waals surface area contributed by atoms with Crippen LogP contribution in [0.3, 0.4) is 0 Å². The topological polar surface area (TPSA) is 87.1 Å². The molecule has 2 bridgehead atoms. The number of amides is 2. The summed E-state index contributed by atoms with van der Waals surface area (Å²) in [6, 6.07) is 9.06. The van der Waals surface area contributed by atoms with E-state index in [9.17, 15) is 19.5 Å². The summed E-state index contributed by atoms with van der Waals surface area (Å²) in [5.41, 5.74) is 0.995. The Morgan fingerprint density at radius 3 is 2.71 bits per heavy atom. The standard InChI is InChI=1S/C27H34N2O5S/c1-3-5-17-34-26(33)21-20-12-13-27(35-20)22(21)24(31)29(15-9-16-30)23(27)25(32)28(14-4-2)18-19-10-7-6-8-11-19/h3-4,6-8,10-11,20-23,30H,1-2,5,9,12-18H2/t20-,21+,22+,23?,27?/m1/s1. The number of likely N-dealkylation sites (tertiary alicyclic amines) is 1. The minimum Gasteiger partial charge on any atom is -0.465 e. The molecule has 8 heteroatoms. The molecule has 1 aromatic carbocycles. The van der Waals surface area contributed by atoms with Crippen LogP contribution in [0.15, 0.2) is 55.6 Å². The van der Waals surface area contributed by atoms with Crippen molar-refractivity contribution < 1.29 is 24.2 Å². The molecule has 0 aliphatic carbocycles. The van der Waals surface area contributed by atoms with Crippen molar-refractivity contribution in [2.24, 2.45) is 11.8 Å². The number of carbonyl (C=O) groups excluding carboxylic acids is 3. The quantitative estimate of drug-likeness (QED) is 0.271. The van der Waals surface area contributed by atoms with Gasteiger partial charge in [-0.2, -0.15) is 0 Å². The molecular weight excluding hydrogens is 464 g/mol. The van der Waals surface area contributed by atoms with E-state index < -0.39 is 22.6 Å². The highest BCUT2D eigenvalue weighted by Crippen LogP contribution is 2.66. The molecule has 1 N–H and O–H groups in total. The van der Waals surface area contributed by atoms with Gasteiger partial charge in [0.15, 0.2) is 0 Å². The second kappa shape index (κ2) is 11.0. The fraction of sp³-hybridized carbons (Fsp3) is 0.519. The average Bonchev–Trinajstić information content (AvgIpc) is 3.50. The SMILES string of the molecule is C=CCCOC(=O)[C@@H]1[C@H]2C(=O)N(CCCO)C(C(=O)N(CC=C)Cc3ccccc3)C23CC[C@H]1S3. The van der Waals surface area contributed by atoms with Crippen LogP contribution in [0.1, 0.15) is 31.2 Å². The number of esters is 1. The third-order valence-corrected chi connectivity index (χ3v) is 9.26. The molecule has 3 fully saturated rings. The van der Waals surface area contributed by atoms with Crippen LogP contribution in [0.5, 0.6) is 0 Å². The Morgan fingerprint density at radius 1 is 1.26 bits per heavy atom. The van der Waals surface area contributed by atoms with E-state index in [0.29, 0.717) is 32.4 Å². The Kier molecular flexibility index (Phi) is 8.02. The summed E-state index contributed by atoms with van der Waals surface area (Å²) in [4.78, 5) is 44.4. The molecule has 3 heterocycles. The van der Waals surface area contributed by atoms with Gasteiger partial charge in [-0.05, 0) is 31.2 Å². The van der Waals surface area contributed by atoms with Crippen molar-refractivity contribution in [3.8, 4) is 0 Å². The van der Waals surface area contributed by atoms with Crippen LogP contribution in [-0.2, 0) is 25.7 Å². The predicted molar refractivity (Wildman–Crippen MR) is 135 cm³/mol. The molecule has 7 nitrogen and oxygen atoms in total. The van der Waals surface area contributed by atoms with Crippen LogP contribution in [0.25, 0.3) is 0 Å². The summed E-state index contributed by atoms with van der Waals surface area (Å²) >= 11 is 1.63. The molecule has 3 aliphatic heterocycles. The molecule has 0 saturated carbocycles. The minimum atomic E-state index is -0.684. The number of hydrogen-bond acceptors (Lipinski definition) is 6. The van der Waals surface area contributed by atoms with Crippen molar-refractivity contribution in [2.75, 3.05) is 26.3 Å². The third-order valence-electron chi connectivity index (χ3n) is 7.31. The summed E-state index contributed by atoms with van der Waals surface area (Å²) < 4.78 is 4.85. The molecular formula is C27H34N2O5S. The lowest BCUT2D eigenvalue weighted by atomic mass is 9.71. The van der Waals surface area contributed by atoms with Crippen LogP contribution in [0.2, 0.25) is 0 Å². The maximum absolute atomic E-state index is 14.2. The van der Waals surface area contributed by atoms with Gasteiger partial charge in [0, 0.05) is 31.5 Å². The van der Waals surface area contributed by atoms with E-state index in [-0.39, 0.29) is 42.8 Å². The largest absolute Gasteiger partial charge is 0.465 e. The highest BCUT2D eigenvalue weighted by molar-refractivity contribution is 8.02. The van der Waals surface area contributed by atoms with E-state index in [1.165, 1.54) is 0 Å². The Labute approximate surface area is 211 Å². The van der Waals surface area contributed by atoms with Gasteiger partial charge < -0.3 is 19.6 Å². The molecule has 3 saturated heterocycles. The highest BCUT2D eigenvalue weighted by atomic mass is 32.2. The maximum Gasteiger partial charge on any atom is 0.310 e. The molecule has 5 atom stereocenters. The van der Waals surface area contributed by atoms with Gasteiger partial charge in [-0.25, -0.2) is 0 Å². The van der Waals surface area contributed by atoms with Gasteiger partial charge in [0.2, 0.25) is 11.8 Å². The average molecular weight is 499 g/mol. The predicted octanol–water partition coefficient (Wildman–Crippen LogP) is 2.79. The first-order valence-corrected chi connectivity index (χ1v) is 13.2. The van der Waals surface area contributed by atoms with Crippen molar-refractivity contribution in [1.29, 1.82) is 0 Å². The van der Waals surface area contributed by atoms with Crippen molar-refractivity contribution in [2.45, 2.75) is 48.3 Å². The highest BCUT2D eigenvalue weighted by Gasteiger charge is 2.74. The van der Waals surface area contributed by atoms with Crippen molar-refractivity contribution in [1.82, 2.24) is 9.80 Å². The first-order valence-electron chi connectivity index (χ1n) is 12.3. The van der Waals surface area contributed by atoms with Crippen LogP contribution in [-0.4, -0.2) is 75.0 Å². The number of rotatable bonds is 12. The van der Waals surface area contributed by atoms with Crippen molar-refractivity contribution in [3.05, 3.63) is 61.2 Å². The van der Waals surface area contributed by atoms with Crippen LogP contribution in [0.4, 0.5) is 0 Å². The zero-order valence-electron chi connectivity index (χ0n) is 20.0. The Morgan fingerprint density at radius 2 is 2.03 bits per heavy atom. The molecule has 2 amide bonds. The maximum atomic E-state index is 14.2. The lowest BCUT2D eigenvalue weighted by molar-refractivity contribution is -0.154. The summed E-state index contributed by atoms with van der Waals surface area (Å²) in [5.74, 6) is -1.79. The Balaban J connectivity index is 1.66. The molecule has 1 aromatic rings. The molecule has 3 aliphatic rings. The molecule has 35 heavy (non-hydrogen) atoms. The molecule has 188 valence electrons. The van der Waals surface area contributed by atoms with Crippen LogP contribution < -0.4 is 0 Å². The summed E-state index contributed by atoms with van der Waals surface area (Å²) in [7, 11) is 0. The van der Waals surface area contributed by atoms with Gasteiger partial charge in [-0.15, -0.1) is 24.9 Å². The molecule has 0 aromatic heterocycles. The minimum absolute atomic E-state index is 0.0301. The van der Waals surface area contributed by atoms with Gasteiger partial charge in [0.1, 0.15) is 6.04 Å². The summed E-state index contributed by atoms with van der Waals surface area (Å²) in [5, 5.41) is 9.46. The number of aliphatic hydroxyl groups excluding tert-OH is 1. The zero-order chi connectivity index (χ0) is 25.0. The van der Waals surface area contributed by atoms with E-state index in [1.807, 2.05) is 30.3 Å². The zero-order valence-corrected chi connectivity index (χ0v) is 20.8. The fourth-order valence-corrected chi connectivity index (χ4v) is 8.09. The first-order chi connectivity index (χ1) is 17.0. The number of aliphatic hydroxyl groups is 1. The smallest absolute Gasteiger partial charge is 0.310 e. The molecule has 2 unspecified atom stereocenters.